The van der Waals surface area contributed by atoms with Gasteiger partial charge in [-0.2, -0.15) is 0 Å². The quantitative estimate of drug-likeness (QED) is 0.411. The number of amides is 2. The van der Waals surface area contributed by atoms with Gasteiger partial charge in [-0.15, -0.1) is 11.3 Å². The van der Waals surface area contributed by atoms with Crippen molar-refractivity contribution >= 4 is 40.6 Å². The second kappa shape index (κ2) is 11.0. The van der Waals surface area contributed by atoms with Gasteiger partial charge >= 0.3 is 6.09 Å². The van der Waals surface area contributed by atoms with Gasteiger partial charge in [0.2, 0.25) is 0 Å². The summed E-state index contributed by atoms with van der Waals surface area (Å²) in [5, 5.41) is 13.3. The summed E-state index contributed by atoms with van der Waals surface area (Å²) in [6.45, 7) is 5.78. The molecule has 0 atom stereocenters. The lowest BCUT2D eigenvalue weighted by molar-refractivity contribution is -0.0229. The first-order chi connectivity index (χ1) is 17.5. The Morgan fingerprint density at radius 2 is 1.92 bits per heavy atom. The first kappa shape index (κ1) is 26.8. The number of anilines is 1. The molecule has 0 unspecified atom stereocenters. The van der Waals surface area contributed by atoms with Crippen molar-refractivity contribution in [3.63, 3.8) is 0 Å². The van der Waals surface area contributed by atoms with Crippen molar-refractivity contribution in [3.05, 3.63) is 63.9 Å². The van der Waals surface area contributed by atoms with Gasteiger partial charge in [0.1, 0.15) is 21.6 Å². The Labute approximate surface area is 223 Å². The molecule has 2 amide bonds. The number of benzene rings is 2. The van der Waals surface area contributed by atoms with E-state index in [2.05, 4.69) is 10.3 Å². The molecule has 2 N–H and O–H groups in total. The topological polar surface area (TPSA) is 101 Å². The van der Waals surface area contributed by atoms with Crippen LogP contribution in [0, 0.1) is 5.82 Å². The first-order valence-corrected chi connectivity index (χ1v) is 12.8. The van der Waals surface area contributed by atoms with E-state index in [9.17, 15) is 19.1 Å². The average Bonchev–Trinajstić information content (AvgIpc) is 3.20. The highest BCUT2D eigenvalue weighted by molar-refractivity contribution is 7.17. The second-order valence-corrected chi connectivity index (χ2v) is 10.9. The molecule has 1 aromatic heterocycles. The van der Waals surface area contributed by atoms with E-state index in [1.54, 1.807) is 45.0 Å². The minimum atomic E-state index is -0.643. The van der Waals surface area contributed by atoms with Gasteiger partial charge in [0.05, 0.1) is 18.8 Å². The summed E-state index contributed by atoms with van der Waals surface area (Å²) in [5.74, 6) is -1.08. The van der Waals surface area contributed by atoms with Crippen LogP contribution in [0.5, 0.6) is 5.75 Å². The molecule has 2 aromatic carbocycles. The SMILES string of the molecule is CC(C)(C)OC(=O)N1CC(Oc2ccc(NC(=O)c3sc(-c4ccc(Cl)cc4)nc3CCO)cc2F)C1. The monoisotopic (exact) mass is 547 g/mol. The molecule has 3 aromatic rings. The van der Waals surface area contributed by atoms with Crippen molar-refractivity contribution in [2.45, 2.75) is 38.9 Å². The Morgan fingerprint density at radius 3 is 2.54 bits per heavy atom. The fourth-order valence-corrected chi connectivity index (χ4v) is 4.69. The van der Waals surface area contributed by atoms with Gasteiger partial charge in [-0.3, -0.25) is 4.79 Å². The predicted molar refractivity (Wildman–Crippen MR) is 140 cm³/mol. The number of aromatic nitrogens is 1. The molecule has 0 radical (unpaired) electrons. The largest absolute Gasteiger partial charge is 0.484 e. The summed E-state index contributed by atoms with van der Waals surface area (Å²) >= 11 is 7.13. The predicted octanol–water partition coefficient (Wildman–Crippen LogP) is 5.39. The van der Waals surface area contributed by atoms with E-state index >= 15 is 0 Å². The van der Waals surface area contributed by atoms with Crippen LogP contribution in [0.15, 0.2) is 42.5 Å². The van der Waals surface area contributed by atoms with Crippen LogP contribution in [0.25, 0.3) is 10.6 Å². The second-order valence-electron chi connectivity index (χ2n) is 9.50. The highest BCUT2D eigenvalue weighted by Crippen LogP contribution is 2.31. The van der Waals surface area contributed by atoms with Gasteiger partial charge in [-0.25, -0.2) is 14.2 Å². The van der Waals surface area contributed by atoms with E-state index in [0.717, 1.165) is 5.56 Å². The molecule has 196 valence electrons. The van der Waals surface area contributed by atoms with Crippen molar-refractivity contribution in [1.82, 2.24) is 9.88 Å². The van der Waals surface area contributed by atoms with E-state index in [0.29, 0.717) is 33.7 Å². The van der Waals surface area contributed by atoms with Gasteiger partial charge in [0.15, 0.2) is 11.6 Å². The van der Waals surface area contributed by atoms with Crippen LogP contribution in [-0.4, -0.2) is 58.4 Å². The minimum Gasteiger partial charge on any atom is -0.484 e. The van der Waals surface area contributed by atoms with Crippen LogP contribution in [0.1, 0.15) is 36.1 Å². The van der Waals surface area contributed by atoms with E-state index < -0.39 is 23.4 Å². The maximum Gasteiger partial charge on any atom is 0.410 e. The number of thiazole rings is 1. The van der Waals surface area contributed by atoms with Gasteiger partial charge in [-0.05, 0) is 45.0 Å². The smallest absolute Gasteiger partial charge is 0.410 e. The van der Waals surface area contributed by atoms with Crippen LogP contribution in [-0.2, 0) is 11.2 Å². The lowest BCUT2D eigenvalue weighted by Crippen LogP contribution is -2.57. The number of ether oxygens (including phenoxy) is 2. The van der Waals surface area contributed by atoms with Crippen molar-refractivity contribution in [3.8, 4) is 16.3 Å². The lowest BCUT2D eigenvalue weighted by atomic mass is 10.1. The molecule has 0 saturated carbocycles. The van der Waals surface area contributed by atoms with Gasteiger partial charge in [-0.1, -0.05) is 23.7 Å². The summed E-state index contributed by atoms with van der Waals surface area (Å²) in [4.78, 5) is 31.4. The summed E-state index contributed by atoms with van der Waals surface area (Å²) in [7, 11) is 0. The number of likely N-dealkylation sites (tertiary alicyclic amines) is 1. The standard InChI is InChI=1S/C26H27ClFN3O5S/c1-26(2,3)36-25(34)31-13-18(14-31)35-21-9-8-17(12-19(21)28)29-23(33)22-20(10-11-32)30-24(37-22)15-4-6-16(27)7-5-15/h4-9,12,18,32H,10-11,13-14H2,1-3H3,(H,29,33). The zero-order valence-electron chi connectivity index (χ0n) is 20.6. The number of hydrogen-bond donors (Lipinski definition) is 2. The molecule has 0 spiro atoms. The number of rotatable bonds is 7. The molecule has 8 nitrogen and oxygen atoms in total. The normalized spacial score (nSPS) is 13.7. The molecule has 1 saturated heterocycles. The molecule has 4 rings (SSSR count). The molecule has 1 fully saturated rings. The van der Waals surface area contributed by atoms with E-state index in [1.807, 2.05) is 0 Å². The Balaban J connectivity index is 1.39. The number of aliphatic hydroxyl groups excluding tert-OH is 1. The molecule has 0 aliphatic carbocycles. The summed E-state index contributed by atoms with van der Waals surface area (Å²) in [6.07, 6.45) is -0.587. The molecule has 1 aliphatic heterocycles. The summed E-state index contributed by atoms with van der Waals surface area (Å²) in [6, 6.07) is 11.2. The maximum absolute atomic E-state index is 14.7. The number of halogens is 2. The van der Waals surface area contributed by atoms with Crippen LogP contribution in [0.2, 0.25) is 5.02 Å². The average molecular weight is 548 g/mol. The van der Waals surface area contributed by atoms with E-state index in [-0.39, 0.29) is 30.6 Å². The maximum atomic E-state index is 14.7. The van der Waals surface area contributed by atoms with Gasteiger partial charge in [0.25, 0.3) is 5.91 Å². The van der Waals surface area contributed by atoms with Crippen molar-refractivity contribution in [2.75, 3.05) is 25.0 Å². The number of hydrogen-bond acceptors (Lipinski definition) is 7. The molecular weight excluding hydrogens is 521 g/mol. The molecule has 37 heavy (non-hydrogen) atoms. The Kier molecular flexibility index (Phi) is 8.01. The fraction of sp³-hybridized carbons (Fsp3) is 0.346. The van der Waals surface area contributed by atoms with E-state index in [1.165, 1.54) is 34.4 Å². The Morgan fingerprint density at radius 1 is 1.22 bits per heavy atom. The van der Waals surface area contributed by atoms with E-state index in [4.69, 9.17) is 21.1 Å². The van der Waals surface area contributed by atoms with Gasteiger partial charge < -0.3 is 24.8 Å². The number of carbonyl (C=O) groups is 2. The third-order valence-corrected chi connectivity index (χ3v) is 6.72. The van der Waals surface area contributed by atoms with Crippen LogP contribution < -0.4 is 10.1 Å². The summed E-state index contributed by atoms with van der Waals surface area (Å²) in [5.41, 5.74) is 0.900. The van der Waals surface area contributed by atoms with Crippen LogP contribution in [0.3, 0.4) is 0 Å². The number of carbonyl (C=O) groups excluding carboxylic acids is 2. The number of nitrogens with one attached hydrogen (secondary N) is 1. The highest BCUT2D eigenvalue weighted by Gasteiger charge is 2.35. The zero-order chi connectivity index (χ0) is 26.7. The lowest BCUT2D eigenvalue weighted by Gasteiger charge is -2.39. The highest BCUT2D eigenvalue weighted by atomic mass is 35.5. The van der Waals surface area contributed by atoms with Crippen LogP contribution in [0.4, 0.5) is 14.9 Å². The molecular formula is C26H27ClFN3O5S. The zero-order valence-corrected chi connectivity index (χ0v) is 22.2. The van der Waals surface area contributed by atoms with Crippen molar-refractivity contribution < 1.29 is 28.6 Å². The third kappa shape index (κ3) is 6.76. The van der Waals surface area contributed by atoms with Crippen LogP contribution >= 0.6 is 22.9 Å². The minimum absolute atomic E-state index is 0.0237. The molecule has 2 heterocycles. The fourth-order valence-electron chi connectivity index (χ4n) is 3.55. The molecule has 11 heteroatoms. The Bertz CT molecular complexity index is 1290. The van der Waals surface area contributed by atoms with Crippen molar-refractivity contribution in [2.24, 2.45) is 0 Å². The number of nitrogens with zero attached hydrogens (tertiary/aromatic N) is 2. The molecule has 0 bridgehead atoms. The summed E-state index contributed by atoms with van der Waals surface area (Å²) < 4.78 is 25.7. The number of aliphatic hydroxyl groups is 1. The third-order valence-electron chi connectivity index (χ3n) is 5.33. The first-order valence-electron chi connectivity index (χ1n) is 11.6. The van der Waals surface area contributed by atoms with Gasteiger partial charge in [0, 0.05) is 35.4 Å². The van der Waals surface area contributed by atoms with Crippen molar-refractivity contribution in [1.29, 1.82) is 0 Å². The molecule has 1 aliphatic rings. The Hall–Kier alpha value is -3.21.